The number of halogens is 1. The van der Waals surface area contributed by atoms with Crippen LogP contribution in [0.5, 0.6) is 5.75 Å². The van der Waals surface area contributed by atoms with Crippen molar-refractivity contribution in [2.45, 2.75) is 32.1 Å². The molecule has 2 fully saturated rings. The standard InChI is InChI=1S/C25H29ClN2O3/c26-22-9-5-19(6-10-22)16-24(29)28-15-3-4-20(17-28)18-31-23-11-7-21(8-12-23)25(30)27-13-1-2-14-27/h5-12,20H,1-4,13-18H2/t20-/m0/s1. The van der Waals surface area contributed by atoms with Gasteiger partial charge >= 0.3 is 0 Å². The molecule has 0 spiro atoms. The fourth-order valence-electron chi connectivity index (χ4n) is 4.33. The van der Waals surface area contributed by atoms with E-state index in [1.54, 1.807) is 0 Å². The first kappa shape index (κ1) is 21.7. The molecule has 2 aromatic carbocycles. The highest BCUT2D eigenvalue weighted by Crippen LogP contribution is 2.21. The van der Waals surface area contributed by atoms with E-state index in [9.17, 15) is 9.59 Å². The molecule has 0 unspecified atom stereocenters. The highest BCUT2D eigenvalue weighted by atomic mass is 35.5. The van der Waals surface area contributed by atoms with Gasteiger partial charge in [-0.3, -0.25) is 9.59 Å². The van der Waals surface area contributed by atoms with Gasteiger partial charge in [0.1, 0.15) is 5.75 Å². The van der Waals surface area contributed by atoms with Crippen LogP contribution in [0.1, 0.15) is 41.6 Å². The Morgan fingerprint density at radius 3 is 2.29 bits per heavy atom. The average Bonchev–Trinajstić information content (AvgIpc) is 3.34. The molecule has 0 radical (unpaired) electrons. The summed E-state index contributed by atoms with van der Waals surface area (Å²) >= 11 is 5.93. The summed E-state index contributed by atoms with van der Waals surface area (Å²) in [5, 5.41) is 0.680. The van der Waals surface area contributed by atoms with Crippen molar-refractivity contribution in [2.24, 2.45) is 5.92 Å². The molecule has 5 nitrogen and oxygen atoms in total. The molecular formula is C25H29ClN2O3. The van der Waals surface area contributed by atoms with Crippen LogP contribution in [0.4, 0.5) is 0 Å². The molecule has 2 amide bonds. The normalized spacial score (nSPS) is 18.8. The van der Waals surface area contributed by atoms with Gasteiger partial charge in [-0.25, -0.2) is 0 Å². The Labute approximate surface area is 188 Å². The molecule has 0 bridgehead atoms. The van der Waals surface area contributed by atoms with E-state index in [4.69, 9.17) is 16.3 Å². The molecule has 1 atom stereocenters. The van der Waals surface area contributed by atoms with Crippen molar-refractivity contribution in [3.05, 3.63) is 64.7 Å². The molecule has 0 saturated carbocycles. The van der Waals surface area contributed by atoms with Crippen LogP contribution in [0, 0.1) is 5.92 Å². The third-order valence-electron chi connectivity index (χ3n) is 6.12. The van der Waals surface area contributed by atoms with E-state index in [1.165, 1.54) is 0 Å². The van der Waals surface area contributed by atoms with Crippen molar-refractivity contribution in [2.75, 3.05) is 32.8 Å². The van der Waals surface area contributed by atoms with Crippen molar-refractivity contribution in [3.8, 4) is 5.75 Å². The summed E-state index contributed by atoms with van der Waals surface area (Å²) in [6.07, 6.45) is 4.62. The smallest absolute Gasteiger partial charge is 0.253 e. The number of amides is 2. The zero-order valence-electron chi connectivity index (χ0n) is 17.8. The van der Waals surface area contributed by atoms with Gasteiger partial charge in [0.05, 0.1) is 13.0 Å². The van der Waals surface area contributed by atoms with Crippen LogP contribution < -0.4 is 4.74 Å². The second-order valence-corrected chi connectivity index (χ2v) is 8.92. The summed E-state index contributed by atoms with van der Waals surface area (Å²) < 4.78 is 5.99. The molecule has 0 aromatic heterocycles. The predicted molar refractivity (Wildman–Crippen MR) is 122 cm³/mol. The number of carbonyl (C=O) groups is 2. The number of hydrogen-bond acceptors (Lipinski definition) is 3. The second-order valence-electron chi connectivity index (χ2n) is 8.49. The van der Waals surface area contributed by atoms with Gasteiger partial charge in [-0.15, -0.1) is 0 Å². The van der Waals surface area contributed by atoms with Gasteiger partial charge in [0.2, 0.25) is 5.91 Å². The largest absolute Gasteiger partial charge is 0.493 e. The third-order valence-corrected chi connectivity index (χ3v) is 6.37. The number of nitrogens with zero attached hydrogens (tertiary/aromatic N) is 2. The lowest BCUT2D eigenvalue weighted by atomic mass is 9.98. The van der Waals surface area contributed by atoms with Gasteiger partial charge in [0.25, 0.3) is 5.91 Å². The van der Waals surface area contributed by atoms with Crippen LogP contribution in [0.3, 0.4) is 0 Å². The lowest BCUT2D eigenvalue weighted by molar-refractivity contribution is -0.132. The van der Waals surface area contributed by atoms with Gasteiger partial charge in [-0.05, 0) is 67.6 Å². The number of likely N-dealkylation sites (tertiary alicyclic amines) is 2. The molecule has 6 heteroatoms. The summed E-state index contributed by atoms with van der Waals surface area (Å²) in [6.45, 7) is 3.80. The molecule has 2 saturated heterocycles. The Kier molecular flexibility index (Phi) is 7.13. The number of ether oxygens (including phenoxy) is 1. The monoisotopic (exact) mass is 440 g/mol. The van der Waals surface area contributed by atoms with E-state index < -0.39 is 0 Å². The van der Waals surface area contributed by atoms with Crippen LogP contribution in [0.25, 0.3) is 0 Å². The van der Waals surface area contributed by atoms with Gasteiger partial charge in [0.15, 0.2) is 0 Å². The number of rotatable bonds is 6. The molecule has 2 aliphatic rings. The van der Waals surface area contributed by atoms with Crippen molar-refractivity contribution in [1.29, 1.82) is 0 Å². The van der Waals surface area contributed by atoms with Crippen LogP contribution in [-0.4, -0.2) is 54.4 Å². The first-order chi connectivity index (χ1) is 15.1. The number of piperidine rings is 1. The Morgan fingerprint density at radius 2 is 1.58 bits per heavy atom. The van der Waals surface area contributed by atoms with E-state index in [2.05, 4.69) is 0 Å². The highest BCUT2D eigenvalue weighted by Gasteiger charge is 2.24. The average molecular weight is 441 g/mol. The summed E-state index contributed by atoms with van der Waals surface area (Å²) in [7, 11) is 0. The summed E-state index contributed by atoms with van der Waals surface area (Å²) in [5.74, 6) is 1.33. The molecule has 2 aromatic rings. The van der Waals surface area contributed by atoms with Crippen molar-refractivity contribution in [3.63, 3.8) is 0 Å². The topological polar surface area (TPSA) is 49.9 Å². The predicted octanol–water partition coefficient (Wildman–Crippen LogP) is 4.44. The lowest BCUT2D eigenvalue weighted by Crippen LogP contribution is -2.42. The SMILES string of the molecule is O=C(Cc1ccc(Cl)cc1)N1CCC[C@H](COc2ccc(C(=O)N3CCCC3)cc2)C1. The van der Waals surface area contributed by atoms with Gasteiger partial charge in [-0.2, -0.15) is 0 Å². The quantitative estimate of drug-likeness (QED) is 0.667. The molecule has 164 valence electrons. The summed E-state index contributed by atoms with van der Waals surface area (Å²) in [5.41, 5.74) is 1.70. The minimum atomic E-state index is 0.103. The maximum atomic E-state index is 12.7. The third kappa shape index (κ3) is 5.79. The maximum absolute atomic E-state index is 12.7. The maximum Gasteiger partial charge on any atom is 0.253 e. The minimum absolute atomic E-state index is 0.103. The lowest BCUT2D eigenvalue weighted by Gasteiger charge is -2.32. The molecule has 2 heterocycles. The molecule has 31 heavy (non-hydrogen) atoms. The van der Waals surface area contributed by atoms with Crippen LogP contribution in [-0.2, 0) is 11.2 Å². The Balaban J connectivity index is 1.26. The summed E-state index contributed by atoms with van der Waals surface area (Å²) in [6, 6.07) is 14.9. The highest BCUT2D eigenvalue weighted by molar-refractivity contribution is 6.30. The van der Waals surface area contributed by atoms with Gasteiger partial charge < -0.3 is 14.5 Å². The first-order valence-electron chi connectivity index (χ1n) is 11.1. The van der Waals surface area contributed by atoms with E-state index in [0.717, 1.165) is 63.2 Å². The van der Waals surface area contributed by atoms with Crippen LogP contribution in [0.2, 0.25) is 5.02 Å². The zero-order valence-corrected chi connectivity index (χ0v) is 18.5. The van der Waals surface area contributed by atoms with Crippen molar-refractivity contribution in [1.82, 2.24) is 9.80 Å². The van der Waals surface area contributed by atoms with Gasteiger partial charge in [0, 0.05) is 42.7 Å². The number of hydrogen-bond donors (Lipinski definition) is 0. The Morgan fingerprint density at radius 1 is 0.903 bits per heavy atom. The molecular weight excluding hydrogens is 412 g/mol. The first-order valence-corrected chi connectivity index (χ1v) is 11.5. The van der Waals surface area contributed by atoms with Crippen LogP contribution in [0.15, 0.2) is 48.5 Å². The Hall–Kier alpha value is -2.53. The van der Waals surface area contributed by atoms with Gasteiger partial charge in [-0.1, -0.05) is 23.7 Å². The molecule has 0 N–H and O–H groups in total. The minimum Gasteiger partial charge on any atom is -0.493 e. The second kappa shape index (κ2) is 10.2. The van der Waals surface area contributed by atoms with Crippen molar-refractivity contribution >= 4 is 23.4 Å². The van der Waals surface area contributed by atoms with E-state index in [1.807, 2.05) is 58.3 Å². The zero-order chi connectivity index (χ0) is 21.6. The molecule has 0 aliphatic carbocycles. The molecule has 4 rings (SSSR count). The van der Waals surface area contributed by atoms with E-state index in [0.29, 0.717) is 29.5 Å². The number of carbonyl (C=O) groups excluding carboxylic acids is 2. The number of benzene rings is 2. The summed E-state index contributed by atoms with van der Waals surface area (Å²) in [4.78, 5) is 29.0. The fraction of sp³-hybridized carbons (Fsp3) is 0.440. The fourth-order valence-corrected chi connectivity index (χ4v) is 4.45. The molecule has 2 aliphatic heterocycles. The van der Waals surface area contributed by atoms with E-state index in [-0.39, 0.29) is 11.8 Å². The van der Waals surface area contributed by atoms with Crippen LogP contribution >= 0.6 is 11.6 Å². The van der Waals surface area contributed by atoms with Crippen molar-refractivity contribution < 1.29 is 14.3 Å². The Bertz CT molecular complexity index is 892. The van der Waals surface area contributed by atoms with E-state index >= 15 is 0 Å².